The Morgan fingerprint density at radius 1 is 0.714 bits per heavy atom. The summed E-state index contributed by atoms with van der Waals surface area (Å²) in [6, 6.07) is 1.53. The fourth-order valence-corrected chi connectivity index (χ4v) is 3.60. The van der Waals surface area contributed by atoms with E-state index in [4.69, 9.17) is 0 Å². The maximum atomic E-state index is 10.6. The van der Waals surface area contributed by atoms with Crippen LogP contribution in [0.1, 0.15) is 110 Å². The minimum Gasteiger partial charge on any atom is -0.507 e. The number of hydrogen-bond acceptors (Lipinski definition) is 3. The Bertz CT molecular complexity index is 597. The first kappa shape index (κ1) is 24.7. The Morgan fingerprint density at radius 2 is 1.29 bits per heavy atom. The molecule has 0 aliphatic carbocycles. The molecule has 1 aromatic rings. The Kier molecular flexibility index (Phi) is 9.66. The lowest BCUT2D eigenvalue weighted by molar-refractivity contribution is 0.307. The number of aryl methyl sites for hydroxylation is 1. The van der Waals surface area contributed by atoms with Crippen molar-refractivity contribution in [1.29, 1.82) is 0 Å². The molecule has 3 nitrogen and oxygen atoms in total. The summed E-state index contributed by atoms with van der Waals surface area (Å²) in [5, 5.41) is 30.9. The Balaban J connectivity index is 2.55. The molecule has 0 heterocycles. The second-order valence-corrected chi connectivity index (χ2v) is 10.4. The number of hydrogen-bond donors (Lipinski definition) is 3. The molecule has 0 saturated heterocycles. The van der Waals surface area contributed by atoms with Gasteiger partial charge in [-0.2, -0.15) is 0 Å². The molecular formula is C25H44O3. The summed E-state index contributed by atoms with van der Waals surface area (Å²) in [4.78, 5) is 0. The SMILES string of the molecule is CCC(C)(C)CCCCCCc1c(O)c(O)cc(CCCCC(C)(C)C)c1O. The van der Waals surface area contributed by atoms with E-state index in [1.807, 2.05) is 0 Å². The zero-order chi connectivity index (χ0) is 21.4. The van der Waals surface area contributed by atoms with E-state index in [1.54, 1.807) is 0 Å². The molecule has 3 heteroatoms. The highest BCUT2D eigenvalue weighted by atomic mass is 16.3. The predicted molar refractivity (Wildman–Crippen MR) is 119 cm³/mol. The lowest BCUT2D eigenvalue weighted by atomic mass is 9.84. The smallest absolute Gasteiger partial charge is 0.164 e. The first-order chi connectivity index (χ1) is 13.0. The van der Waals surface area contributed by atoms with Crippen molar-refractivity contribution in [3.8, 4) is 17.2 Å². The molecule has 0 radical (unpaired) electrons. The summed E-state index contributed by atoms with van der Waals surface area (Å²) in [6.45, 7) is 13.6. The molecule has 1 rings (SSSR count). The average molecular weight is 393 g/mol. The fraction of sp³-hybridized carbons (Fsp3) is 0.760. The van der Waals surface area contributed by atoms with E-state index in [9.17, 15) is 15.3 Å². The molecule has 0 fully saturated rings. The molecule has 3 N–H and O–H groups in total. The standard InChI is InChI=1S/C25H44O3/c1-7-25(5,6)17-12-9-8-10-15-20-22(27)19(18-21(26)23(20)28)14-11-13-16-24(2,3)4/h18,26-28H,7-17H2,1-6H3. The molecule has 0 spiro atoms. The van der Waals surface area contributed by atoms with Crippen LogP contribution in [0.25, 0.3) is 0 Å². The van der Waals surface area contributed by atoms with Crippen LogP contribution in [0, 0.1) is 10.8 Å². The van der Waals surface area contributed by atoms with Crippen molar-refractivity contribution in [2.45, 2.75) is 112 Å². The Labute approximate surface area is 173 Å². The summed E-state index contributed by atoms with van der Waals surface area (Å²) >= 11 is 0. The van der Waals surface area contributed by atoms with Gasteiger partial charge in [-0.05, 0) is 61.0 Å². The Morgan fingerprint density at radius 3 is 1.89 bits per heavy atom. The van der Waals surface area contributed by atoms with E-state index < -0.39 is 0 Å². The van der Waals surface area contributed by atoms with Crippen LogP contribution in [-0.4, -0.2) is 15.3 Å². The van der Waals surface area contributed by atoms with Crippen LogP contribution in [-0.2, 0) is 12.8 Å². The largest absolute Gasteiger partial charge is 0.507 e. The lowest BCUT2D eigenvalue weighted by Crippen LogP contribution is -2.08. The molecule has 0 aliphatic rings. The fourth-order valence-electron chi connectivity index (χ4n) is 3.60. The van der Waals surface area contributed by atoms with E-state index in [-0.39, 0.29) is 17.2 Å². The van der Waals surface area contributed by atoms with Crippen LogP contribution in [0.2, 0.25) is 0 Å². The third-order valence-corrected chi connectivity index (χ3v) is 6.04. The van der Waals surface area contributed by atoms with E-state index >= 15 is 0 Å². The normalized spacial score (nSPS) is 12.5. The average Bonchev–Trinajstić information content (AvgIpc) is 2.60. The zero-order valence-corrected chi connectivity index (χ0v) is 19.2. The second kappa shape index (κ2) is 11.0. The first-order valence-corrected chi connectivity index (χ1v) is 11.2. The van der Waals surface area contributed by atoms with Crippen LogP contribution in [0.15, 0.2) is 6.07 Å². The van der Waals surface area contributed by atoms with Gasteiger partial charge in [-0.25, -0.2) is 0 Å². The topological polar surface area (TPSA) is 60.7 Å². The van der Waals surface area contributed by atoms with Crippen LogP contribution in [0.4, 0.5) is 0 Å². The monoisotopic (exact) mass is 392 g/mol. The minimum atomic E-state index is -0.150. The highest BCUT2D eigenvalue weighted by molar-refractivity contribution is 5.56. The molecule has 0 atom stereocenters. The summed E-state index contributed by atoms with van der Waals surface area (Å²) in [5.74, 6) is -0.0791. The number of phenols is 3. The van der Waals surface area contributed by atoms with Crippen molar-refractivity contribution >= 4 is 0 Å². The van der Waals surface area contributed by atoms with Gasteiger partial charge in [0.1, 0.15) is 5.75 Å². The third kappa shape index (κ3) is 8.75. The van der Waals surface area contributed by atoms with Crippen molar-refractivity contribution in [1.82, 2.24) is 0 Å². The zero-order valence-electron chi connectivity index (χ0n) is 19.2. The van der Waals surface area contributed by atoms with E-state index in [0.717, 1.165) is 44.1 Å². The van der Waals surface area contributed by atoms with Gasteiger partial charge in [0.05, 0.1) is 0 Å². The van der Waals surface area contributed by atoms with E-state index in [1.165, 1.54) is 31.7 Å². The van der Waals surface area contributed by atoms with Gasteiger partial charge in [0.15, 0.2) is 11.5 Å². The quantitative estimate of drug-likeness (QED) is 0.196. The van der Waals surface area contributed by atoms with Gasteiger partial charge in [-0.1, -0.05) is 73.6 Å². The third-order valence-electron chi connectivity index (χ3n) is 6.04. The highest BCUT2D eigenvalue weighted by Crippen LogP contribution is 2.40. The molecular weight excluding hydrogens is 348 g/mol. The summed E-state index contributed by atoms with van der Waals surface area (Å²) < 4.78 is 0. The van der Waals surface area contributed by atoms with Gasteiger partial charge >= 0.3 is 0 Å². The van der Waals surface area contributed by atoms with Gasteiger partial charge < -0.3 is 15.3 Å². The molecule has 162 valence electrons. The number of rotatable bonds is 12. The molecule has 0 amide bonds. The van der Waals surface area contributed by atoms with Crippen molar-refractivity contribution in [3.05, 3.63) is 17.2 Å². The number of benzene rings is 1. The number of phenolic OH excluding ortho intramolecular Hbond substituents is 3. The number of aromatic hydroxyl groups is 3. The summed E-state index contributed by atoms with van der Waals surface area (Å²) in [6.07, 6.45) is 11.4. The summed E-state index contributed by atoms with van der Waals surface area (Å²) in [7, 11) is 0. The lowest BCUT2D eigenvalue weighted by Gasteiger charge is -2.22. The molecule has 0 saturated carbocycles. The van der Waals surface area contributed by atoms with Gasteiger partial charge in [-0.15, -0.1) is 0 Å². The molecule has 0 aliphatic heterocycles. The second-order valence-electron chi connectivity index (χ2n) is 10.4. The molecule has 28 heavy (non-hydrogen) atoms. The maximum absolute atomic E-state index is 10.6. The number of unbranched alkanes of at least 4 members (excludes halogenated alkanes) is 4. The van der Waals surface area contributed by atoms with Crippen molar-refractivity contribution in [2.75, 3.05) is 0 Å². The van der Waals surface area contributed by atoms with Crippen LogP contribution < -0.4 is 0 Å². The van der Waals surface area contributed by atoms with Crippen molar-refractivity contribution in [2.24, 2.45) is 10.8 Å². The van der Waals surface area contributed by atoms with Crippen LogP contribution >= 0.6 is 0 Å². The first-order valence-electron chi connectivity index (χ1n) is 11.2. The summed E-state index contributed by atoms with van der Waals surface area (Å²) in [5.41, 5.74) is 2.00. The van der Waals surface area contributed by atoms with Gasteiger partial charge in [-0.3, -0.25) is 0 Å². The molecule has 0 aromatic heterocycles. The van der Waals surface area contributed by atoms with Gasteiger partial charge in [0, 0.05) is 5.56 Å². The van der Waals surface area contributed by atoms with E-state index in [2.05, 4.69) is 41.5 Å². The van der Waals surface area contributed by atoms with Gasteiger partial charge in [0.25, 0.3) is 0 Å². The molecule has 1 aromatic carbocycles. The highest BCUT2D eigenvalue weighted by Gasteiger charge is 2.18. The minimum absolute atomic E-state index is 0.108. The van der Waals surface area contributed by atoms with E-state index in [0.29, 0.717) is 22.8 Å². The maximum Gasteiger partial charge on any atom is 0.164 e. The molecule has 0 unspecified atom stereocenters. The molecule has 0 bridgehead atoms. The van der Waals surface area contributed by atoms with Crippen LogP contribution in [0.5, 0.6) is 17.2 Å². The Hall–Kier alpha value is -1.38. The predicted octanol–water partition coefficient (Wildman–Crippen LogP) is 7.49. The van der Waals surface area contributed by atoms with Crippen molar-refractivity contribution < 1.29 is 15.3 Å². The van der Waals surface area contributed by atoms with Gasteiger partial charge in [0.2, 0.25) is 0 Å². The van der Waals surface area contributed by atoms with Crippen molar-refractivity contribution in [3.63, 3.8) is 0 Å². The van der Waals surface area contributed by atoms with Crippen LogP contribution in [0.3, 0.4) is 0 Å².